The number of carbonyl (C=O) groups excluding carboxylic acids is 1. The number of nitrogens with zero attached hydrogens (tertiary/aromatic N) is 4. The highest BCUT2D eigenvalue weighted by atomic mass is 16.5. The molecule has 2 aromatic heterocycles. The van der Waals surface area contributed by atoms with Crippen LogP contribution in [0, 0.1) is 6.92 Å². The van der Waals surface area contributed by atoms with Gasteiger partial charge in [0.05, 0.1) is 18.3 Å². The minimum absolute atomic E-state index is 0.0237. The summed E-state index contributed by atoms with van der Waals surface area (Å²) in [5.41, 5.74) is 6.05. The first-order chi connectivity index (χ1) is 14.6. The third kappa shape index (κ3) is 4.00. The number of carbonyl (C=O) groups is 1. The Balaban J connectivity index is 1.62. The molecular formula is C24H28N4O2. The second kappa shape index (κ2) is 8.79. The van der Waals surface area contributed by atoms with E-state index in [9.17, 15) is 4.79 Å². The number of aryl methyl sites for hydroxylation is 2. The molecule has 1 aliphatic rings. The van der Waals surface area contributed by atoms with E-state index >= 15 is 0 Å². The summed E-state index contributed by atoms with van der Waals surface area (Å²) in [7, 11) is 1.93. The molecule has 3 aromatic rings. The molecule has 1 aromatic carbocycles. The number of aromatic nitrogens is 3. The van der Waals surface area contributed by atoms with E-state index in [1.807, 2.05) is 66.3 Å². The van der Waals surface area contributed by atoms with Crippen LogP contribution in [0.4, 0.5) is 0 Å². The van der Waals surface area contributed by atoms with E-state index in [-0.39, 0.29) is 11.9 Å². The fourth-order valence-corrected chi connectivity index (χ4v) is 4.16. The molecule has 4 rings (SSSR count). The van der Waals surface area contributed by atoms with E-state index in [0.29, 0.717) is 18.8 Å². The molecule has 1 atom stereocenters. The molecule has 0 unspecified atom stereocenters. The highest BCUT2D eigenvalue weighted by molar-refractivity contribution is 5.94. The van der Waals surface area contributed by atoms with Gasteiger partial charge in [-0.1, -0.05) is 12.1 Å². The van der Waals surface area contributed by atoms with Gasteiger partial charge < -0.3 is 9.64 Å². The molecule has 0 saturated carbocycles. The van der Waals surface area contributed by atoms with Crippen LogP contribution in [0.5, 0.6) is 0 Å². The van der Waals surface area contributed by atoms with Crippen molar-refractivity contribution in [1.29, 1.82) is 0 Å². The Kier molecular flexibility index (Phi) is 5.95. The van der Waals surface area contributed by atoms with Crippen molar-refractivity contribution in [3.63, 3.8) is 0 Å². The lowest BCUT2D eigenvalue weighted by atomic mass is 9.98. The van der Waals surface area contributed by atoms with Crippen molar-refractivity contribution in [1.82, 2.24) is 19.7 Å². The molecule has 3 heterocycles. The fraction of sp³-hybridized carbons (Fsp3) is 0.375. The van der Waals surface area contributed by atoms with Crippen LogP contribution in [0.2, 0.25) is 0 Å². The largest absolute Gasteiger partial charge is 0.377 e. The van der Waals surface area contributed by atoms with Gasteiger partial charge in [0.2, 0.25) is 0 Å². The third-order valence-corrected chi connectivity index (χ3v) is 5.67. The molecule has 0 spiro atoms. The van der Waals surface area contributed by atoms with E-state index in [4.69, 9.17) is 9.84 Å². The van der Waals surface area contributed by atoms with E-state index in [1.165, 1.54) is 0 Å². The standard InChI is InChI=1S/C24H28N4O2/c1-4-30-16-18-7-9-19(10-8-18)24(29)28-13-5-6-22(28)23-21(15-27(3)26-23)20-11-12-25-14-17(20)2/h7-12,14-15,22H,4-6,13,16H2,1-3H3/t22-/m1/s1. The van der Waals surface area contributed by atoms with Crippen LogP contribution < -0.4 is 0 Å². The van der Waals surface area contributed by atoms with Crippen LogP contribution in [0.25, 0.3) is 11.1 Å². The van der Waals surface area contributed by atoms with E-state index in [2.05, 4.69) is 11.9 Å². The van der Waals surface area contributed by atoms with Gasteiger partial charge in [-0.2, -0.15) is 5.10 Å². The van der Waals surface area contributed by atoms with Crippen LogP contribution in [-0.4, -0.2) is 38.7 Å². The van der Waals surface area contributed by atoms with Gasteiger partial charge in [0.15, 0.2) is 0 Å². The molecule has 6 heteroatoms. The lowest BCUT2D eigenvalue weighted by molar-refractivity contribution is 0.0732. The van der Waals surface area contributed by atoms with Crippen molar-refractivity contribution in [2.45, 2.75) is 39.3 Å². The minimum Gasteiger partial charge on any atom is -0.377 e. The molecule has 1 amide bonds. The summed E-state index contributed by atoms with van der Waals surface area (Å²) >= 11 is 0. The molecule has 156 valence electrons. The molecule has 0 aliphatic carbocycles. The maximum atomic E-state index is 13.3. The zero-order chi connectivity index (χ0) is 21.1. The first-order valence-corrected chi connectivity index (χ1v) is 10.5. The van der Waals surface area contributed by atoms with Gasteiger partial charge in [-0.25, -0.2) is 0 Å². The van der Waals surface area contributed by atoms with Crippen LogP contribution >= 0.6 is 0 Å². The number of hydrogen-bond acceptors (Lipinski definition) is 4. The number of likely N-dealkylation sites (tertiary alicyclic amines) is 1. The molecule has 0 N–H and O–H groups in total. The van der Waals surface area contributed by atoms with Gasteiger partial charge >= 0.3 is 0 Å². The van der Waals surface area contributed by atoms with E-state index < -0.39 is 0 Å². The van der Waals surface area contributed by atoms with Crippen LogP contribution in [0.3, 0.4) is 0 Å². The fourth-order valence-electron chi connectivity index (χ4n) is 4.16. The molecule has 0 bridgehead atoms. The summed E-state index contributed by atoms with van der Waals surface area (Å²) in [6, 6.07) is 9.75. The predicted molar refractivity (Wildman–Crippen MR) is 116 cm³/mol. The Hall–Kier alpha value is -2.99. The van der Waals surface area contributed by atoms with Gasteiger partial charge in [-0.05, 0) is 61.6 Å². The van der Waals surface area contributed by atoms with Crippen molar-refractivity contribution in [2.24, 2.45) is 7.05 Å². The summed E-state index contributed by atoms with van der Waals surface area (Å²) < 4.78 is 7.29. The van der Waals surface area contributed by atoms with Crippen LogP contribution in [-0.2, 0) is 18.4 Å². The summed E-state index contributed by atoms with van der Waals surface area (Å²) in [5.74, 6) is 0.0588. The Morgan fingerprint density at radius 3 is 2.73 bits per heavy atom. The molecule has 30 heavy (non-hydrogen) atoms. The zero-order valence-electron chi connectivity index (χ0n) is 17.8. The lowest BCUT2D eigenvalue weighted by Crippen LogP contribution is -2.31. The quantitative estimate of drug-likeness (QED) is 0.614. The molecular weight excluding hydrogens is 376 g/mol. The lowest BCUT2D eigenvalue weighted by Gasteiger charge is -2.25. The van der Waals surface area contributed by atoms with Crippen LogP contribution in [0.15, 0.2) is 48.9 Å². The molecule has 1 fully saturated rings. The first-order valence-electron chi connectivity index (χ1n) is 10.5. The minimum atomic E-state index is -0.0237. The summed E-state index contributed by atoms with van der Waals surface area (Å²) in [6.07, 6.45) is 7.61. The maximum Gasteiger partial charge on any atom is 0.254 e. The molecule has 0 radical (unpaired) electrons. The Morgan fingerprint density at radius 2 is 2.00 bits per heavy atom. The maximum absolute atomic E-state index is 13.3. The Labute approximate surface area is 177 Å². The second-order valence-corrected chi connectivity index (χ2v) is 7.78. The van der Waals surface area contributed by atoms with Crippen molar-refractivity contribution in [3.8, 4) is 11.1 Å². The topological polar surface area (TPSA) is 60.2 Å². The van der Waals surface area contributed by atoms with E-state index in [0.717, 1.165) is 47.3 Å². The average molecular weight is 405 g/mol. The highest BCUT2D eigenvalue weighted by Crippen LogP contribution is 2.38. The number of ether oxygens (including phenoxy) is 1. The van der Waals surface area contributed by atoms with Gasteiger partial charge in [0, 0.05) is 49.9 Å². The second-order valence-electron chi connectivity index (χ2n) is 7.78. The van der Waals surface area contributed by atoms with Crippen LogP contribution in [0.1, 0.15) is 53.0 Å². The molecule has 1 saturated heterocycles. The van der Waals surface area contributed by atoms with Crippen molar-refractivity contribution in [3.05, 3.63) is 71.3 Å². The monoisotopic (exact) mass is 404 g/mol. The molecule has 6 nitrogen and oxygen atoms in total. The normalized spacial score (nSPS) is 16.2. The third-order valence-electron chi connectivity index (χ3n) is 5.67. The highest BCUT2D eigenvalue weighted by Gasteiger charge is 2.34. The van der Waals surface area contributed by atoms with Gasteiger partial charge in [0.25, 0.3) is 5.91 Å². The predicted octanol–water partition coefficient (Wildman–Crippen LogP) is 4.30. The summed E-state index contributed by atoms with van der Waals surface area (Å²) in [4.78, 5) is 19.5. The number of amides is 1. The SMILES string of the molecule is CCOCc1ccc(C(=O)N2CCC[C@@H]2c2nn(C)cc2-c2ccncc2C)cc1. The Morgan fingerprint density at radius 1 is 1.20 bits per heavy atom. The van der Waals surface area contributed by atoms with Gasteiger partial charge in [-0.3, -0.25) is 14.5 Å². The smallest absolute Gasteiger partial charge is 0.254 e. The average Bonchev–Trinajstić information content (AvgIpc) is 3.39. The van der Waals surface area contributed by atoms with E-state index in [1.54, 1.807) is 6.20 Å². The van der Waals surface area contributed by atoms with Gasteiger partial charge in [0.1, 0.15) is 0 Å². The van der Waals surface area contributed by atoms with Crippen molar-refractivity contribution < 1.29 is 9.53 Å². The van der Waals surface area contributed by atoms with Crippen molar-refractivity contribution >= 4 is 5.91 Å². The number of benzene rings is 1. The zero-order valence-corrected chi connectivity index (χ0v) is 17.8. The summed E-state index contributed by atoms with van der Waals surface area (Å²) in [5, 5.41) is 4.77. The van der Waals surface area contributed by atoms with Crippen molar-refractivity contribution in [2.75, 3.05) is 13.2 Å². The number of rotatable bonds is 6. The molecule has 1 aliphatic heterocycles. The van der Waals surface area contributed by atoms with Gasteiger partial charge in [-0.15, -0.1) is 0 Å². The first kappa shape index (κ1) is 20.3. The number of hydrogen-bond donors (Lipinski definition) is 0. The Bertz CT molecular complexity index is 1030. The summed E-state index contributed by atoms with van der Waals surface area (Å²) in [6.45, 7) is 6.03. The number of pyridine rings is 1.